The molecule has 2 rings (SSSR count). The molecule has 0 unspecified atom stereocenters. The molecule has 0 spiro atoms. The van der Waals surface area contributed by atoms with Gasteiger partial charge in [-0.15, -0.1) is 0 Å². The molecule has 122 valence electrons. The van der Waals surface area contributed by atoms with Crippen molar-refractivity contribution in [2.24, 2.45) is 0 Å². The van der Waals surface area contributed by atoms with E-state index in [4.69, 9.17) is 17.0 Å². The van der Waals surface area contributed by atoms with Crippen LogP contribution in [0.2, 0.25) is 0 Å². The van der Waals surface area contributed by atoms with E-state index in [1.54, 1.807) is 0 Å². The van der Waals surface area contributed by atoms with Gasteiger partial charge in [0.1, 0.15) is 6.10 Å². The topological polar surface area (TPSA) is 21.3 Å². The second-order valence-corrected chi connectivity index (χ2v) is 6.65. The van der Waals surface area contributed by atoms with E-state index in [1.807, 2.05) is 30.3 Å². The lowest BCUT2D eigenvalue weighted by Gasteiger charge is -2.20. The van der Waals surface area contributed by atoms with E-state index in [2.05, 4.69) is 5.32 Å². The van der Waals surface area contributed by atoms with E-state index in [0.717, 1.165) is 18.5 Å². The molecule has 0 aromatic heterocycles. The SMILES string of the molecule is S=C(Nc1ccccc1)OC1CCCCCCCCCCC1. The molecular weight excluding hydrogens is 290 g/mol. The van der Waals surface area contributed by atoms with E-state index < -0.39 is 0 Å². The zero-order valence-corrected chi connectivity index (χ0v) is 14.4. The first kappa shape index (κ1) is 17.3. The molecule has 1 aromatic rings. The first-order chi connectivity index (χ1) is 10.8. The van der Waals surface area contributed by atoms with Crippen LogP contribution in [0.1, 0.15) is 70.6 Å². The van der Waals surface area contributed by atoms with Gasteiger partial charge >= 0.3 is 0 Å². The number of anilines is 1. The summed E-state index contributed by atoms with van der Waals surface area (Å²) >= 11 is 5.37. The van der Waals surface area contributed by atoms with Crippen molar-refractivity contribution >= 4 is 23.1 Å². The minimum Gasteiger partial charge on any atom is -0.468 e. The number of nitrogens with one attached hydrogen (secondary N) is 1. The quantitative estimate of drug-likeness (QED) is 0.668. The van der Waals surface area contributed by atoms with Crippen molar-refractivity contribution in [3.8, 4) is 0 Å². The highest BCUT2D eigenvalue weighted by Crippen LogP contribution is 2.19. The van der Waals surface area contributed by atoms with Gasteiger partial charge in [-0.05, 0) is 50.0 Å². The predicted molar refractivity (Wildman–Crippen MR) is 98.3 cm³/mol. The average molecular weight is 320 g/mol. The molecule has 0 atom stereocenters. The monoisotopic (exact) mass is 319 g/mol. The fraction of sp³-hybridized carbons (Fsp3) is 0.632. The molecule has 1 fully saturated rings. The average Bonchev–Trinajstić information content (AvgIpc) is 2.51. The van der Waals surface area contributed by atoms with E-state index in [-0.39, 0.29) is 6.10 Å². The lowest BCUT2D eigenvalue weighted by atomic mass is 9.99. The third-order valence-electron chi connectivity index (χ3n) is 4.35. The molecule has 2 nitrogen and oxygen atoms in total. The van der Waals surface area contributed by atoms with Gasteiger partial charge in [0.25, 0.3) is 5.17 Å². The summed E-state index contributed by atoms with van der Waals surface area (Å²) in [5.74, 6) is 0. The minimum absolute atomic E-state index is 0.281. The Bertz CT molecular complexity index is 409. The molecule has 3 heteroatoms. The summed E-state index contributed by atoms with van der Waals surface area (Å²) in [7, 11) is 0. The summed E-state index contributed by atoms with van der Waals surface area (Å²) < 4.78 is 6.02. The molecular formula is C19H29NOS. The molecule has 1 aromatic carbocycles. The van der Waals surface area contributed by atoms with Crippen molar-refractivity contribution in [2.75, 3.05) is 5.32 Å². The van der Waals surface area contributed by atoms with Crippen LogP contribution >= 0.6 is 12.2 Å². The first-order valence-electron chi connectivity index (χ1n) is 8.87. The van der Waals surface area contributed by atoms with Gasteiger partial charge in [-0.3, -0.25) is 0 Å². The Morgan fingerprint density at radius 2 is 1.32 bits per heavy atom. The number of thiocarbonyl (C=S) groups is 1. The van der Waals surface area contributed by atoms with Crippen molar-refractivity contribution in [2.45, 2.75) is 76.7 Å². The molecule has 0 saturated heterocycles. The largest absolute Gasteiger partial charge is 0.468 e. The highest BCUT2D eigenvalue weighted by atomic mass is 32.1. The summed E-state index contributed by atoms with van der Waals surface area (Å²) in [6.45, 7) is 0. The van der Waals surface area contributed by atoms with Crippen LogP contribution in [0.3, 0.4) is 0 Å². The molecule has 0 heterocycles. The highest BCUT2D eigenvalue weighted by molar-refractivity contribution is 7.80. The summed E-state index contributed by atoms with van der Waals surface area (Å²) in [5.41, 5.74) is 1.00. The standard InChI is InChI=1S/C19H29NOS/c22-19(20-17-13-9-8-10-14-17)21-18-15-11-6-4-2-1-3-5-7-12-16-18/h8-10,13-14,18H,1-7,11-12,15-16H2,(H,20,22). The maximum atomic E-state index is 6.02. The molecule has 1 N–H and O–H groups in total. The fourth-order valence-electron chi connectivity index (χ4n) is 3.06. The zero-order chi connectivity index (χ0) is 15.5. The molecule has 1 aliphatic carbocycles. The Labute approximate surface area is 140 Å². The minimum atomic E-state index is 0.281. The van der Waals surface area contributed by atoms with Crippen molar-refractivity contribution in [1.29, 1.82) is 0 Å². The molecule has 0 bridgehead atoms. The highest BCUT2D eigenvalue weighted by Gasteiger charge is 2.12. The lowest BCUT2D eigenvalue weighted by molar-refractivity contribution is 0.164. The first-order valence-corrected chi connectivity index (χ1v) is 9.28. The van der Waals surface area contributed by atoms with Gasteiger partial charge in [0, 0.05) is 5.69 Å². The Kier molecular flexibility index (Phi) is 8.32. The van der Waals surface area contributed by atoms with Crippen LogP contribution in [0.4, 0.5) is 5.69 Å². The van der Waals surface area contributed by atoms with Crippen molar-refractivity contribution in [1.82, 2.24) is 0 Å². The number of benzene rings is 1. The molecule has 0 radical (unpaired) electrons. The number of hydrogen-bond donors (Lipinski definition) is 1. The molecule has 0 amide bonds. The summed E-state index contributed by atoms with van der Waals surface area (Å²) in [5, 5.41) is 3.70. The predicted octanol–water partition coefficient (Wildman–Crippen LogP) is 6.07. The van der Waals surface area contributed by atoms with Crippen LogP contribution in [0.15, 0.2) is 30.3 Å². The Balaban J connectivity index is 1.77. The third-order valence-corrected chi connectivity index (χ3v) is 4.54. The lowest BCUT2D eigenvalue weighted by Crippen LogP contribution is -2.22. The molecule has 1 aliphatic rings. The summed E-state index contributed by atoms with van der Waals surface area (Å²) in [4.78, 5) is 0. The summed E-state index contributed by atoms with van der Waals surface area (Å²) in [6.07, 6.45) is 14.7. The number of ether oxygens (including phenoxy) is 1. The fourth-order valence-corrected chi connectivity index (χ4v) is 3.32. The van der Waals surface area contributed by atoms with E-state index >= 15 is 0 Å². The third kappa shape index (κ3) is 7.26. The second kappa shape index (κ2) is 10.6. The van der Waals surface area contributed by atoms with Crippen LogP contribution in [0.25, 0.3) is 0 Å². The van der Waals surface area contributed by atoms with Crippen LogP contribution in [0.5, 0.6) is 0 Å². The van der Waals surface area contributed by atoms with Gasteiger partial charge in [-0.2, -0.15) is 0 Å². The van der Waals surface area contributed by atoms with Gasteiger partial charge in [-0.1, -0.05) is 63.1 Å². The number of para-hydroxylation sites is 1. The van der Waals surface area contributed by atoms with Crippen LogP contribution in [0, 0.1) is 0 Å². The van der Waals surface area contributed by atoms with Gasteiger partial charge < -0.3 is 10.1 Å². The Hall–Kier alpha value is -1.09. The van der Waals surface area contributed by atoms with Crippen LogP contribution < -0.4 is 5.32 Å². The zero-order valence-electron chi connectivity index (χ0n) is 13.6. The molecule has 22 heavy (non-hydrogen) atoms. The second-order valence-electron chi connectivity index (χ2n) is 6.28. The number of rotatable bonds is 2. The smallest absolute Gasteiger partial charge is 0.261 e. The van der Waals surface area contributed by atoms with Crippen LogP contribution in [-0.2, 0) is 4.74 Å². The van der Waals surface area contributed by atoms with Gasteiger partial charge in [0.2, 0.25) is 0 Å². The van der Waals surface area contributed by atoms with Gasteiger partial charge in [0.15, 0.2) is 0 Å². The van der Waals surface area contributed by atoms with Gasteiger partial charge in [-0.25, -0.2) is 0 Å². The Morgan fingerprint density at radius 3 is 1.86 bits per heavy atom. The maximum absolute atomic E-state index is 6.02. The van der Waals surface area contributed by atoms with Crippen molar-refractivity contribution in [3.63, 3.8) is 0 Å². The van der Waals surface area contributed by atoms with E-state index in [9.17, 15) is 0 Å². The van der Waals surface area contributed by atoms with Gasteiger partial charge in [0.05, 0.1) is 0 Å². The van der Waals surface area contributed by atoms with Crippen LogP contribution in [-0.4, -0.2) is 11.3 Å². The maximum Gasteiger partial charge on any atom is 0.261 e. The molecule has 1 saturated carbocycles. The van der Waals surface area contributed by atoms with Crippen molar-refractivity contribution in [3.05, 3.63) is 30.3 Å². The normalized spacial score (nSPS) is 18.7. The van der Waals surface area contributed by atoms with Crippen molar-refractivity contribution < 1.29 is 4.74 Å². The Morgan fingerprint density at radius 1 is 0.818 bits per heavy atom. The number of hydrogen-bond acceptors (Lipinski definition) is 2. The summed E-state index contributed by atoms with van der Waals surface area (Å²) in [6, 6.07) is 10.0. The van der Waals surface area contributed by atoms with E-state index in [1.165, 1.54) is 57.8 Å². The molecule has 0 aliphatic heterocycles. The van der Waals surface area contributed by atoms with E-state index in [0.29, 0.717) is 5.17 Å².